The Labute approximate surface area is 248 Å². The number of aromatic amines is 1. The molecule has 0 radical (unpaired) electrons. The summed E-state index contributed by atoms with van der Waals surface area (Å²) >= 11 is 1.20. The van der Waals surface area contributed by atoms with Crippen molar-refractivity contribution in [1.29, 1.82) is 0 Å². The third-order valence-corrected chi connectivity index (χ3v) is 10.8. The van der Waals surface area contributed by atoms with Crippen LogP contribution in [0.3, 0.4) is 0 Å². The number of aromatic nitrogens is 2. The molecule has 2 aromatic carbocycles. The number of sulfonamides is 1. The number of amides is 1. The van der Waals surface area contributed by atoms with Gasteiger partial charge in [0.05, 0.1) is 5.69 Å². The van der Waals surface area contributed by atoms with Gasteiger partial charge in [0.25, 0.3) is 15.9 Å². The zero-order valence-corrected chi connectivity index (χ0v) is 25.1. The van der Waals surface area contributed by atoms with Crippen LogP contribution in [0.25, 0.3) is 38.6 Å². The molecule has 3 heterocycles. The first kappa shape index (κ1) is 27.9. The van der Waals surface area contributed by atoms with Crippen LogP contribution in [0.2, 0.25) is 0 Å². The van der Waals surface area contributed by atoms with E-state index in [1.165, 1.54) is 28.3 Å². The summed E-state index contributed by atoms with van der Waals surface area (Å²) in [5, 5.41) is 3.61. The summed E-state index contributed by atoms with van der Waals surface area (Å²) in [6.45, 7) is 0.0109. The number of nitrogens with one attached hydrogen (secondary N) is 1. The lowest BCUT2D eigenvalue weighted by molar-refractivity contribution is -0.121. The Morgan fingerprint density at radius 2 is 1.88 bits per heavy atom. The van der Waals surface area contributed by atoms with Gasteiger partial charge in [-0.2, -0.15) is 0 Å². The smallest absolute Gasteiger partial charge is 0.273 e. The number of carbonyl (C=O) groups excluding carboxylic acids is 1. The van der Waals surface area contributed by atoms with E-state index in [1.54, 1.807) is 36.5 Å². The van der Waals surface area contributed by atoms with Gasteiger partial charge in [-0.05, 0) is 71.3 Å². The van der Waals surface area contributed by atoms with Gasteiger partial charge >= 0.3 is 0 Å². The van der Waals surface area contributed by atoms with Gasteiger partial charge < -0.3 is 14.6 Å². The summed E-state index contributed by atoms with van der Waals surface area (Å²) in [7, 11) is 1.13. The fraction of sp³-hybridized carbons (Fsp3) is 0.188. The number of benzene rings is 2. The van der Waals surface area contributed by atoms with Crippen molar-refractivity contribution in [2.45, 2.75) is 17.1 Å². The lowest BCUT2D eigenvalue weighted by atomic mass is 9.88. The number of hydrogen-bond acceptors (Lipinski definition) is 6. The number of anilines is 2. The van der Waals surface area contributed by atoms with Crippen molar-refractivity contribution in [3.05, 3.63) is 90.0 Å². The van der Waals surface area contributed by atoms with Crippen molar-refractivity contribution in [1.82, 2.24) is 9.97 Å². The maximum atomic E-state index is 13.3. The fourth-order valence-electron chi connectivity index (χ4n) is 5.32. The topological polar surface area (TPSA) is 95.6 Å². The summed E-state index contributed by atoms with van der Waals surface area (Å²) < 4.78 is 33.2. The van der Waals surface area contributed by atoms with Crippen LogP contribution in [0, 0.1) is 0 Å². The van der Waals surface area contributed by atoms with Crippen LogP contribution in [0.15, 0.2) is 88.6 Å². The van der Waals surface area contributed by atoms with Crippen LogP contribution in [-0.4, -0.2) is 52.1 Å². The van der Waals surface area contributed by atoms with Gasteiger partial charge in [-0.3, -0.25) is 9.10 Å². The van der Waals surface area contributed by atoms with Crippen LogP contribution in [0.5, 0.6) is 0 Å². The van der Waals surface area contributed by atoms with Gasteiger partial charge in [0.1, 0.15) is 16.5 Å². The average Bonchev–Trinajstić information content (AvgIpc) is 3.69. The number of fused-ring (bicyclic) bond motifs is 3. The SMILES string of the molecule is COCC(=O)N(C)c1ccc(-c2cnc3[nH]c4ccc(N(C)S(=O)(=O)c5cccs5)cc4c3c2C2=CC=CCC2)cc1. The number of H-pyrrole nitrogens is 1. The quantitative estimate of drug-likeness (QED) is 0.217. The Bertz CT molecular complexity index is 1960. The normalized spacial score (nSPS) is 13.5. The molecule has 0 unspecified atom stereocenters. The van der Waals surface area contributed by atoms with E-state index in [0.717, 1.165) is 57.2 Å². The van der Waals surface area contributed by atoms with Gasteiger partial charge in [-0.25, -0.2) is 13.4 Å². The molecule has 0 spiro atoms. The minimum atomic E-state index is -3.69. The average molecular weight is 599 g/mol. The van der Waals surface area contributed by atoms with Crippen LogP contribution < -0.4 is 9.21 Å². The van der Waals surface area contributed by atoms with Gasteiger partial charge in [0, 0.05) is 54.9 Å². The van der Waals surface area contributed by atoms with E-state index < -0.39 is 10.0 Å². The molecule has 6 rings (SSSR count). The number of nitrogens with zero attached hydrogens (tertiary/aromatic N) is 3. The van der Waals surface area contributed by atoms with Crippen LogP contribution in [0.4, 0.5) is 11.4 Å². The first-order valence-corrected chi connectivity index (χ1v) is 15.8. The fourth-order valence-corrected chi connectivity index (χ4v) is 7.66. The molecule has 0 bridgehead atoms. The number of ether oxygens (including phenoxy) is 1. The number of methoxy groups -OCH3 is 1. The molecule has 10 heteroatoms. The monoisotopic (exact) mass is 598 g/mol. The lowest BCUT2D eigenvalue weighted by Gasteiger charge is -2.20. The maximum absolute atomic E-state index is 13.3. The number of pyridine rings is 1. The number of hydrogen-bond donors (Lipinski definition) is 1. The Balaban J connectivity index is 1.51. The van der Waals surface area contributed by atoms with E-state index in [-0.39, 0.29) is 12.5 Å². The molecule has 0 saturated heterocycles. The minimum Gasteiger partial charge on any atom is -0.375 e. The highest BCUT2D eigenvalue weighted by Crippen LogP contribution is 2.41. The second kappa shape index (κ2) is 11.2. The zero-order chi connectivity index (χ0) is 29.4. The Kier molecular flexibility index (Phi) is 7.44. The van der Waals surface area contributed by atoms with Crippen molar-refractivity contribution in [2.75, 3.05) is 37.0 Å². The van der Waals surface area contributed by atoms with Crippen LogP contribution in [0.1, 0.15) is 18.4 Å². The molecule has 5 aromatic rings. The number of rotatable bonds is 8. The highest BCUT2D eigenvalue weighted by molar-refractivity contribution is 7.94. The second-order valence-corrected chi connectivity index (χ2v) is 13.3. The van der Waals surface area contributed by atoms with Gasteiger partial charge in [0.2, 0.25) is 0 Å². The maximum Gasteiger partial charge on any atom is 0.273 e. The van der Waals surface area contributed by atoms with Crippen molar-refractivity contribution < 1.29 is 17.9 Å². The van der Waals surface area contributed by atoms with Crippen LogP contribution in [-0.2, 0) is 19.6 Å². The number of carbonyl (C=O) groups is 1. The zero-order valence-electron chi connectivity index (χ0n) is 23.5. The van der Waals surface area contributed by atoms with Gasteiger partial charge in [-0.1, -0.05) is 36.4 Å². The van der Waals surface area contributed by atoms with Crippen molar-refractivity contribution in [2.24, 2.45) is 0 Å². The molecule has 1 aliphatic carbocycles. The molecule has 3 aromatic heterocycles. The molecule has 0 atom stereocenters. The Morgan fingerprint density at radius 3 is 2.57 bits per heavy atom. The molecule has 0 saturated carbocycles. The molecule has 0 aliphatic heterocycles. The summed E-state index contributed by atoms with van der Waals surface area (Å²) in [6.07, 6.45) is 10.1. The van der Waals surface area contributed by atoms with Gasteiger partial charge in [-0.15, -0.1) is 11.3 Å². The first-order valence-electron chi connectivity index (χ1n) is 13.5. The predicted octanol–water partition coefficient (Wildman–Crippen LogP) is 6.61. The van der Waals surface area contributed by atoms with E-state index in [1.807, 2.05) is 48.7 Å². The van der Waals surface area contributed by atoms with E-state index in [4.69, 9.17) is 9.72 Å². The second-order valence-electron chi connectivity index (χ2n) is 10.1. The number of allylic oxidation sites excluding steroid dienone is 4. The van der Waals surface area contributed by atoms with Gasteiger partial charge in [0.15, 0.2) is 0 Å². The van der Waals surface area contributed by atoms with Crippen molar-refractivity contribution in [3.8, 4) is 11.1 Å². The first-order chi connectivity index (χ1) is 20.3. The molecule has 8 nitrogen and oxygen atoms in total. The Morgan fingerprint density at radius 1 is 1.10 bits per heavy atom. The molecule has 42 heavy (non-hydrogen) atoms. The highest BCUT2D eigenvalue weighted by atomic mass is 32.2. The molecule has 1 N–H and O–H groups in total. The van der Waals surface area contributed by atoms with E-state index in [2.05, 4.69) is 23.2 Å². The lowest BCUT2D eigenvalue weighted by Crippen LogP contribution is -2.29. The number of likely N-dealkylation sites (N-methyl/N-ethyl adjacent to an activating group) is 1. The third-order valence-electron chi connectivity index (χ3n) is 7.62. The summed E-state index contributed by atoms with van der Waals surface area (Å²) in [5.41, 5.74) is 7.13. The number of thiophene rings is 1. The predicted molar refractivity (Wildman–Crippen MR) is 171 cm³/mol. The van der Waals surface area contributed by atoms with E-state index in [0.29, 0.717) is 9.90 Å². The molecular formula is C32H30N4O4S2. The molecular weight excluding hydrogens is 569 g/mol. The third kappa shape index (κ3) is 4.91. The molecule has 1 amide bonds. The Hall–Kier alpha value is -4.25. The van der Waals surface area contributed by atoms with E-state index in [9.17, 15) is 13.2 Å². The highest BCUT2D eigenvalue weighted by Gasteiger charge is 2.24. The molecule has 0 fully saturated rings. The van der Waals surface area contributed by atoms with E-state index >= 15 is 0 Å². The van der Waals surface area contributed by atoms with Crippen molar-refractivity contribution in [3.63, 3.8) is 0 Å². The summed E-state index contributed by atoms with van der Waals surface area (Å²) in [4.78, 5) is 22.2. The molecule has 214 valence electrons. The minimum absolute atomic E-state index is 0.0109. The van der Waals surface area contributed by atoms with Crippen molar-refractivity contribution >= 4 is 66.2 Å². The summed E-state index contributed by atoms with van der Waals surface area (Å²) in [5.74, 6) is -0.131. The summed E-state index contributed by atoms with van der Waals surface area (Å²) in [6, 6.07) is 16.8. The standard InChI is InChI=1S/C32H30N4O4S2/c1-35(28(37)20-40-3)23-13-11-21(12-14-23)26-19-33-32-31(30(26)22-8-5-4-6-9-22)25-18-24(15-16-27(25)34-32)36(2)42(38,39)29-10-7-17-41-29/h4-5,7-8,10-19H,6,9,20H2,1-3H3,(H,33,34). The largest absolute Gasteiger partial charge is 0.375 e. The van der Waals surface area contributed by atoms with Crippen LogP contribution >= 0.6 is 11.3 Å². The molecule has 1 aliphatic rings.